The highest BCUT2D eigenvalue weighted by molar-refractivity contribution is 5.85. The monoisotopic (exact) mass is 556 g/mol. The Morgan fingerprint density at radius 1 is 0.625 bits per heavy atom. The SMILES string of the molecule is C=CC(=O)Oc1ccc(C(C)(C)c2ccc(OC(=O)C=C)c(OCC)c2OCC)c(OCC)c1OCC.CCC. The van der Waals surface area contributed by atoms with Gasteiger partial charge in [-0.3, -0.25) is 0 Å². The number of ether oxygens (including phenoxy) is 6. The minimum Gasteiger partial charge on any atom is -0.490 e. The maximum absolute atomic E-state index is 11.9. The molecule has 2 rings (SSSR count). The molecule has 0 atom stereocenters. The fraction of sp³-hybridized carbons (Fsp3) is 0.438. The third-order valence-electron chi connectivity index (χ3n) is 5.41. The average molecular weight is 557 g/mol. The first kappa shape index (κ1) is 34.1. The van der Waals surface area contributed by atoms with Gasteiger partial charge in [0, 0.05) is 28.7 Å². The van der Waals surface area contributed by atoms with Crippen LogP contribution in [0.5, 0.6) is 34.5 Å². The normalized spacial score (nSPS) is 10.4. The summed E-state index contributed by atoms with van der Waals surface area (Å²) in [6, 6.07) is 6.97. The molecular weight excluding hydrogens is 512 g/mol. The highest BCUT2D eigenvalue weighted by atomic mass is 16.6. The van der Waals surface area contributed by atoms with E-state index in [0.717, 1.165) is 23.3 Å². The highest BCUT2D eigenvalue weighted by Gasteiger charge is 2.35. The molecule has 0 spiro atoms. The first-order valence-electron chi connectivity index (χ1n) is 13.7. The molecule has 0 aliphatic heterocycles. The summed E-state index contributed by atoms with van der Waals surface area (Å²) in [4.78, 5) is 23.9. The zero-order valence-corrected chi connectivity index (χ0v) is 25.2. The Kier molecular flexibility index (Phi) is 14.4. The lowest BCUT2D eigenvalue weighted by atomic mass is 9.76. The third-order valence-corrected chi connectivity index (χ3v) is 5.41. The number of carbonyl (C=O) groups excluding carboxylic acids is 2. The van der Waals surface area contributed by atoms with Crippen molar-refractivity contribution in [3.8, 4) is 34.5 Å². The summed E-state index contributed by atoms with van der Waals surface area (Å²) in [5.41, 5.74) is 0.792. The van der Waals surface area contributed by atoms with Gasteiger partial charge in [-0.25, -0.2) is 9.59 Å². The second-order valence-electron chi connectivity index (χ2n) is 8.85. The van der Waals surface area contributed by atoms with Gasteiger partial charge in [0.25, 0.3) is 0 Å². The first-order chi connectivity index (χ1) is 19.1. The molecule has 2 aromatic carbocycles. The van der Waals surface area contributed by atoms with E-state index in [0.29, 0.717) is 49.4 Å². The summed E-state index contributed by atoms with van der Waals surface area (Å²) in [5.74, 6) is 0.718. The number of hydrogen-bond donors (Lipinski definition) is 0. The third kappa shape index (κ3) is 8.53. The van der Waals surface area contributed by atoms with Crippen LogP contribution in [-0.4, -0.2) is 38.4 Å². The van der Waals surface area contributed by atoms with E-state index in [9.17, 15) is 9.59 Å². The van der Waals surface area contributed by atoms with Crippen molar-refractivity contribution >= 4 is 11.9 Å². The van der Waals surface area contributed by atoms with Crippen molar-refractivity contribution in [3.05, 3.63) is 60.7 Å². The van der Waals surface area contributed by atoms with E-state index in [1.165, 1.54) is 6.42 Å². The predicted molar refractivity (Wildman–Crippen MR) is 157 cm³/mol. The second-order valence-corrected chi connectivity index (χ2v) is 8.85. The minimum absolute atomic E-state index is 0.224. The number of esters is 2. The zero-order chi connectivity index (χ0) is 30.3. The van der Waals surface area contributed by atoms with Gasteiger partial charge >= 0.3 is 11.9 Å². The molecule has 0 amide bonds. The van der Waals surface area contributed by atoms with Crippen LogP contribution in [0, 0.1) is 0 Å². The smallest absolute Gasteiger partial charge is 0.335 e. The molecule has 0 aliphatic carbocycles. The maximum atomic E-state index is 11.9. The van der Waals surface area contributed by atoms with Crippen LogP contribution in [0.25, 0.3) is 0 Å². The molecule has 0 radical (unpaired) electrons. The molecule has 8 heteroatoms. The highest BCUT2D eigenvalue weighted by Crippen LogP contribution is 2.51. The molecule has 40 heavy (non-hydrogen) atoms. The number of benzene rings is 2. The van der Waals surface area contributed by atoms with E-state index < -0.39 is 17.4 Å². The molecule has 2 aromatic rings. The van der Waals surface area contributed by atoms with Gasteiger partial charge in [-0.2, -0.15) is 0 Å². The van der Waals surface area contributed by atoms with E-state index >= 15 is 0 Å². The van der Waals surface area contributed by atoms with Crippen molar-refractivity contribution in [3.63, 3.8) is 0 Å². The summed E-state index contributed by atoms with van der Waals surface area (Å²) in [6.07, 6.45) is 3.41. The van der Waals surface area contributed by atoms with Gasteiger partial charge in [-0.15, -0.1) is 0 Å². The number of carbonyl (C=O) groups is 2. The minimum atomic E-state index is -0.728. The molecule has 8 nitrogen and oxygen atoms in total. The lowest BCUT2D eigenvalue weighted by Crippen LogP contribution is -2.23. The molecule has 0 aliphatic rings. The van der Waals surface area contributed by atoms with Gasteiger partial charge < -0.3 is 28.4 Å². The Labute approximate surface area is 238 Å². The summed E-state index contributed by atoms with van der Waals surface area (Å²) in [7, 11) is 0. The molecule has 0 heterocycles. The van der Waals surface area contributed by atoms with E-state index in [1.807, 2.05) is 53.7 Å². The lowest BCUT2D eigenvalue weighted by molar-refractivity contribution is -0.130. The van der Waals surface area contributed by atoms with Gasteiger partial charge in [-0.1, -0.05) is 59.4 Å². The molecule has 0 fully saturated rings. The van der Waals surface area contributed by atoms with Crippen molar-refractivity contribution in [1.29, 1.82) is 0 Å². The first-order valence-corrected chi connectivity index (χ1v) is 13.7. The predicted octanol–water partition coefficient (Wildman–Crippen LogP) is 7.21. The Hall–Kier alpha value is -3.94. The molecule has 0 unspecified atom stereocenters. The van der Waals surface area contributed by atoms with E-state index in [2.05, 4.69) is 27.0 Å². The molecule has 0 bridgehead atoms. The average Bonchev–Trinajstić information content (AvgIpc) is 2.92. The Morgan fingerprint density at radius 3 is 1.20 bits per heavy atom. The molecule has 220 valence electrons. The molecule has 0 saturated carbocycles. The summed E-state index contributed by atoms with van der Waals surface area (Å²) in [6.45, 7) is 23.9. The Bertz CT molecular complexity index is 1060. The summed E-state index contributed by atoms with van der Waals surface area (Å²) >= 11 is 0. The van der Waals surface area contributed by atoms with Crippen LogP contribution >= 0.6 is 0 Å². The van der Waals surface area contributed by atoms with Crippen molar-refractivity contribution in [1.82, 2.24) is 0 Å². The molecule has 0 saturated heterocycles. The largest absolute Gasteiger partial charge is 0.490 e. The quantitative estimate of drug-likeness (QED) is 0.137. The van der Waals surface area contributed by atoms with Gasteiger partial charge in [0.05, 0.1) is 26.4 Å². The van der Waals surface area contributed by atoms with Crippen LogP contribution in [0.3, 0.4) is 0 Å². The Morgan fingerprint density at radius 2 is 0.925 bits per heavy atom. The van der Waals surface area contributed by atoms with Crippen LogP contribution in [0.15, 0.2) is 49.6 Å². The van der Waals surface area contributed by atoms with Crippen LogP contribution in [0.2, 0.25) is 0 Å². The van der Waals surface area contributed by atoms with E-state index in [1.54, 1.807) is 12.1 Å². The maximum Gasteiger partial charge on any atom is 0.335 e. The summed E-state index contributed by atoms with van der Waals surface area (Å²) in [5, 5.41) is 0. The topological polar surface area (TPSA) is 89.5 Å². The van der Waals surface area contributed by atoms with Crippen molar-refractivity contribution < 1.29 is 38.0 Å². The van der Waals surface area contributed by atoms with E-state index in [4.69, 9.17) is 28.4 Å². The standard InChI is InChI=1S/C29H36O8.C3H8/c1-9-23(30)36-21-17-15-19(25(32-11-3)27(21)34-13-5)29(7,8)20-16-18-22(37-24(31)10-2)28(35-14-6)26(20)33-12-4;1-3-2/h9-10,15-18H,1-2,11-14H2,3-8H3;3H2,1-2H3. The molecular formula is C32H44O8. The number of rotatable bonds is 14. The van der Waals surface area contributed by atoms with Crippen LogP contribution in [0.1, 0.15) is 72.9 Å². The van der Waals surface area contributed by atoms with Crippen molar-refractivity contribution in [2.75, 3.05) is 26.4 Å². The second kappa shape index (κ2) is 16.9. The molecule has 0 N–H and O–H groups in total. The van der Waals surface area contributed by atoms with Gasteiger partial charge in [-0.05, 0) is 39.8 Å². The van der Waals surface area contributed by atoms with Gasteiger partial charge in [0.15, 0.2) is 23.0 Å². The number of hydrogen-bond acceptors (Lipinski definition) is 8. The lowest BCUT2D eigenvalue weighted by Gasteiger charge is -2.32. The Balaban J connectivity index is 0.00000254. The van der Waals surface area contributed by atoms with Gasteiger partial charge in [0.2, 0.25) is 11.5 Å². The fourth-order valence-electron chi connectivity index (χ4n) is 3.82. The van der Waals surface area contributed by atoms with Crippen LogP contribution < -0.4 is 28.4 Å². The van der Waals surface area contributed by atoms with Crippen molar-refractivity contribution in [2.45, 2.75) is 67.2 Å². The summed E-state index contributed by atoms with van der Waals surface area (Å²) < 4.78 is 34.7. The zero-order valence-electron chi connectivity index (χ0n) is 25.2. The molecule has 0 aromatic heterocycles. The van der Waals surface area contributed by atoms with Gasteiger partial charge in [0.1, 0.15) is 0 Å². The van der Waals surface area contributed by atoms with Crippen LogP contribution in [0.4, 0.5) is 0 Å². The van der Waals surface area contributed by atoms with Crippen molar-refractivity contribution in [2.24, 2.45) is 0 Å². The van der Waals surface area contributed by atoms with Crippen LogP contribution in [-0.2, 0) is 15.0 Å². The van der Waals surface area contributed by atoms with E-state index in [-0.39, 0.29) is 11.5 Å². The fourth-order valence-corrected chi connectivity index (χ4v) is 3.82.